The maximum atomic E-state index is 13.4. The minimum absolute atomic E-state index is 0.183. The molecule has 2 aromatic heterocycles. The minimum atomic E-state index is -0.297. The van der Waals surface area contributed by atoms with E-state index >= 15 is 0 Å². The minimum Gasteiger partial charge on any atom is -0.444 e. The molecular formula is C18H20FN5O. The number of imidazole rings is 1. The number of aryl methyl sites for hydroxylation is 1. The number of halogens is 1. The highest BCUT2D eigenvalue weighted by Crippen LogP contribution is 2.24. The van der Waals surface area contributed by atoms with Crippen molar-refractivity contribution in [2.45, 2.75) is 12.6 Å². The molecule has 1 saturated heterocycles. The van der Waals surface area contributed by atoms with Gasteiger partial charge in [0.15, 0.2) is 0 Å². The topological polar surface area (TPSA) is 59.1 Å². The van der Waals surface area contributed by atoms with E-state index in [9.17, 15) is 4.39 Å². The molecule has 3 aromatic rings. The second-order valence-corrected chi connectivity index (χ2v) is 6.24. The lowest BCUT2D eigenvalue weighted by Gasteiger charge is -2.35. The van der Waals surface area contributed by atoms with Crippen LogP contribution in [-0.4, -0.2) is 39.1 Å². The number of nitrogens with one attached hydrogen (secondary N) is 1. The van der Waals surface area contributed by atoms with Gasteiger partial charge in [-0.25, -0.2) is 14.4 Å². The third kappa shape index (κ3) is 3.33. The number of oxazole rings is 1. The Morgan fingerprint density at radius 1 is 1.40 bits per heavy atom. The van der Waals surface area contributed by atoms with Crippen LogP contribution in [0.25, 0.3) is 11.5 Å². The molecule has 3 heterocycles. The van der Waals surface area contributed by atoms with Gasteiger partial charge in [-0.15, -0.1) is 0 Å². The Kier molecular flexibility index (Phi) is 4.33. The van der Waals surface area contributed by atoms with Crippen LogP contribution < -0.4 is 5.32 Å². The molecule has 7 heteroatoms. The van der Waals surface area contributed by atoms with Crippen molar-refractivity contribution in [2.75, 3.05) is 19.6 Å². The summed E-state index contributed by atoms with van der Waals surface area (Å²) in [5, 5.41) is 3.42. The summed E-state index contributed by atoms with van der Waals surface area (Å²) in [5.74, 6) is 1.17. The van der Waals surface area contributed by atoms with E-state index in [1.54, 1.807) is 18.4 Å². The van der Waals surface area contributed by atoms with Crippen LogP contribution in [0.2, 0.25) is 0 Å². The van der Waals surface area contributed by atoms with Crippen molar-refractivity contribution in [2.24, 2.45) is 7.05 Å². The standard InChI is InChI=1S/C18H20FN5O/c1-23-7-6-21-17(23)16-10-20-5-8-24(16)11-15-12-25-18(22-15)13-3-2-4-14(19)9-13/h2-4,6-7,9,12,16,20H,5,8,10-11H2,1H3. The van der Waals surface area contributed by atoms with E-state index in [1.807, 2.05) is 24.0 Å². The fourth-order valence-corrected chi connectivity index (χ4v) is 3.23. The highest BCUT2D eigenvalue weighted by molar-refractivity contribution is 5.52. The first kappa shape index (κ1) is 16.0. The van der Waals surface area contributed by atoms with Crippen molar-refractivity contribution in [1.82, 2.24) is 24.8 Å². The van der Waals surface area contributed by atoms with Gasteiger partial charge in [-0.1, -0.05) is 6.07 Å². The normalized spacial score (nSPS) is 18.6. The van der Waals surface area contributed by atoms with Crippen LogP contribution in [0.3, 0.4) is 0 Å². The predicted molar refractivity (Wildman–Crippen MR) is 91.1 cm³/mol. The number of piperazine rings is 1. The molecule has 0 amide bonds. The molecular weight excluding hydrogens is 321 g/mol. The van der Waals surface area contributed by atoms with E-state index in [0.29, 0.717) is 18.0 Å². The van der Waals surface area contributed by atoms with Crippen LogP contribution in [0.4, 0.5) is 4.39 Å². The van der Waals surface area contributed by atoms with Crippen LogP contribution in [0, 0.1) is 5.82 Å². The van der Waals surface area contributed by atoms with Crippen LogP contribution in [-0.2, 0) is 13.6 Å². The average molecular weight is 341 g/mol. The summed E-state index contributed by atoms with van der Waals surface area (Å²) in [6.45, 7) is 3.34. The van der Waals surface area contributed by atoms with Gasteiger partial charge in [-0.3, -0.25) is 4.90 Å². The first-order valence-electron chi connectivity index (χ1n) is 8.33. The summed E-state index contributed by atoms with van der Waals surface area (Å²) in [7, 11) is 2.01. The number of hydrogen-bond acceptors (Lipinski definition) is 5. The summed E-state index contributed by atoms with van der Waals surface area (Å²) in [4.78, 5) is 11.4. The van der Waals surface area contributed by atoms with Gasteiger partial charge in [0.1, 0.15) is 17.9 Å². The van der Waals surface area contributed by atoms with E-state index in [2.05, 4.69) is 20.2 Å². The van der Waals surface area contributed by atoms with E-state index in [4.69, 9.17) is 4.42 Å². The fourth-order valence-electron chi connectivity index (χ4n) is 3.23. The van der Waals surface area contributed by atoms with Gasteiger partial charge in [-0.2, -0.15) is 0 Å². The third-order valence-electron chi connectivity index (χ3n) is 4.50. The Morgan fingerprint density at radius 2 is 2.32 bits per heavy atom. The molecule has 1 N–H and O–H groups in total. The summed E-state index contributed by atoms with van der Waals surface area (Å²) in [6.07, 6.45) is 5.43. The van der Waals surface area contributed by atoms with Gasteiger partial charge in [0.05, 0.1) is 11.7 Å². The van der Waals surface area contributed by atoms with Crippen molar-refractivity contribution < 1.29 is 8.81 Å². The molecule has 0 spiro atoms. The molecule has 1 fully saturated rings. The number of rotatable bonds is 4. The average Bonchev–Trinajstić information content (AvgIpc) is 3.25. The summed E-state index contributed by atoms with van der Waals surface area (Å²) >= 11 is 0. The van der Waals surface area contributed by atoms with Crippen molar-refractivity contribution >= 4 is 0 Å². The highest BCUT2D eigenvalue weighted by atomic mass is 19.1. The van der Waals surface area contributed by atoms with E-state index in [1.165, 1.54) is 12.1 Å². The molecule has 0 bridgehead atoms. The highest BCUT2D eigenvalue weighted by Gasteiger charge is 2.27. The summed E-state index contributed by atoms with van der Waals surface area (Å²) in [6, 6.07) is 6.47. The monoisotopic (exact) mass is 341 g/mol. The van der Waals surface area contributed by atoms with Crippen LogP contribution in [0.1, 0.15) is 17.6 Å². The van der Waals surface area contributed by atoms with E-state index in [-0.39, 0.29) is 11.9 Å². The van der Waals surface area contributed by atoms with Crippen molar-refractivity contribution in [3.8, 4) is 11.5 Å². The molecule has 0 radical (unpaired) electrons. The number of benzene rings is 1. The molecule has 130 valence electrons. The molecule has 1 atom stereocenters. The van der Waals surface area contributed by atoms with Gasteiger partial charge in [0.25, 0.3) is 0 Å². The van der Waals surface area contributed by atoms with E-state index in [0.717, 1.165) is 31.2 Å². The molecule has 1 aliphatic heterocycles. The molecule has 6 nitrogen and oxygen atoms in total. The van der Waals surface area contributed by atoms with Gasteiger partial charge in [0.2, 0.25) is 5.89 Å². The Hall–Kier alpha value is -2.51. The van der Waals surface area contributed by atoms with Gasteiger partial charge < -0.3 is 14.3 Å². The zero-order valence-corrected chi connectivity index (χ0v) is 14.0. The number of hydrogen-bond donors (Lipinski definition) is 1. The van der Waals surface area contributed by atoms with Crippen molar-refractivity contribution in [1.29, 1.82) is 0 Å². The predicted octanol–water partition coefficient (Wildman–Crippen LogP) is 2.36. The Balaban J connectivity index is 1.54. The molecule has 0 saturated carbocycles. The Morgan fingerprint density at radius 3 is 3.12 bits per heavy atom. The lowest BCUT2D eigenvalue weighted by molar-refractivity contribution is 0.143. The fraction of sp³-hybridized carbons (Fsp3) is 0.333. The number of aromatic nitrogens is 3. The van der Waals surface area contributed by atoms with Crippen LogP contribution in [0.5, 0.6) is 0 Å². The second-order valence-electron chi connectivity index (χ2n) is 6.24. The van der Waals surface area contributed by atoms with Crippen molar-refractivity contribution in [3.63, 3.8) is 0 Å². The van der Waals surface area contributed by atoms with Crippen molar-refractivity contribution in [3.05, 3.63) is 60.3 Å². The SMILES string of the molecule is Cn1ccnc1C1CNCCN1Cc1coc(-c2cccc(F)c2)n1. The number of nitrogens with zero attached hydrogens (tertiary/aromatic N) is 4. The Bertz CT molecular complexity index is 859. The smallest absolute Gasteiger partial charge is 0.226 e. The maximum Gasteiger partial charge on any atom is 0.226 e. The largest absolute Gasteiger partial charge is 0.444 e. The maximum absolute atomic E-state index is 13.4. The second kappa shape index (κ2) is 6.78. The molecule has 1 unspecified atom stereocenters. The van der Waals surface area contributed by atoms with Gasteiger partial charge >= 0.3 is 0 Å². The Labute approximate surface area is 145 Å². The first-order valence-corrected chi connectivity index (χ1v) is 8.33. The van der Waals surface area contributed by atoms with Crippen LogP contribution >= 0.6 is 0 Å². The molecule has 0 aliphatic carbocycles. The van der Waals surface area contributed by atoms with Gasteiger partial charge in [-0.05, 0) is 18.2 Å². The zero-order valence-electron chi connectivity index (χ0n) is 14.0. The van der Waals surface area contributed by atoms with Crippen LogP contribution in [0.15, 0.2) is 47.3 Å². The summed E-state index contributed by atoms with van der Waals surface area (Å²) in [5.41, 5.74) is 1.48. The third-order valence-corrected chi connectivity index (χ3v) is 4.50. The summed E-state index contributed by atoms with van der Waals surface area (Å²) < 4.78 is 21.0. The zero-order chi connectivity index (χ0) is 17.2. The molecule has 1 aromatic carbocycles. The quantitative estimate of drug-likeness (QED) is 0.789. The lowest BCUT2D eigenvalue weighted by Crippen LogP contribution is -2.46. The lowest BCUT2D eigenvalue weighted by atomic mass is 10.1. The first-order chi connectivity index (χ1) is 12.2. The molecule has 1 aliphatic rings. The van der Waals surface area contributed by atoms with E-state index < -0.39 is 0 Å². The molecule has 25 heavy (non-hydrogen) atoms. The van der Waals surface area contributed by atoms with Gasteiger partial charge in [0, 0.05) is 51.2 Å². The molecule has 4 rings (SSSR count).